The van der Waals surface area contributed by atoms with Crippen molar-refractivity contribution < 1.29 is 33.9 Å². The third kappa shape index (κ3) is 12.7. The molecule has 0 bridgehead atoms. The maximum Gasteiger partial charge on any atom is 0.243 e. The Labute approximate surface area is 280 Å². The van der Waals surface area contributed by atoms with Crippen molar-refractivity contribution in [1.82, 2.24) is 31.9 Å². The van der Waals surface area contributed by atoms with E-state index in [0.717, 1.165) is 5.56 Å². The minimum absolute atomic E-state index is 0.0141. The molecule has 14 nitrogen and oxygen atoms in total. The van der Waals surface area contributed by atoms with E-state index in [2.05, 4.69) is 31.9 Å². The van der Waals surface area contributed by atoms with Gasteiger partial charge in [-0.2, -0.15) is 0 Å². The number of nitrogens with two attached hydrogens (primary N) is 1. The van der Waals surface area contributed by atoms with Crippen LogP contribution in [-0.2, 0) is 41.6 Å². The Kier molecular flexibility index (Phi) is 14.8. The normalized spacial score (nSPS) is 21.9. The maximum atomic E-state index is 13.7. The number of carbonyl (C=O) groups is 6. The number of benzene rings is 2. The molecule has 1 fully saturated rings. The van der Waals surface area contributed by atoms with Crippen molar-refractivity contribution in [3.05, 3.63) is 65.7 Å². The molecule has 2 aromatic rings. The number of aromatic hydroxyl groups is 1. The largest absolute Gasteiger partial charge is 0.508 e. The van der Waals surface area contributed by atoms with Crippen LogP contribution in [0, 0.1) is 5.92 Å². The number of carbonyl (C=O) groups excluding carboxylic acids is 6. The molecular weight excluding hydrogens is 618 g/mol. The lowest BCUT2D eigenvalue weighted by atomic mass is 10.00. The highest BCUT2D eigenvalue weighted by Crippen LogP contribution is 2.13. The van der Waals surface area contributed by atoms with E-state index in [0.29, 0.717) is 24.9 Å². The Balaban J connectivity index is 1.94. The molecule has 1 aliphatic heterocycles. The highest BCUT2D eigenvalue weighted by Gasteiger charge is 2.32. The van der Waals surface area contributed by atoms with E-state index in [1.165, 1.54) is 12.1 Å². The molecule has 260 valence electrons. The van der Waals surface area contributed by atoms with Crippen LogP contribution in [0.15, 0.2) is 54.6 Å². The lowest BCUT2D eigenvalue weighted by molar-refractivity contribution is -0.135. The summed E-state index contributed by atoms with van der Waals surface area (Å²) in [6, 6.07) is 10.7. The summed E-state index contributed by atoms with van der Waals surface area (Å²) >= 11 is 0. The number of phenolic OH excluding ortho intramolecular Hbond substituents is 1. The van der Waals surface area contributed by atoms with Crippen molar-refractivity contribution in [2.24, 2.45) is 11.7 Å². The standard InChI is InChI=1S/C34H47N7O7/c1-21(2)16-26-33(47)39-25(10-6-7-15-35)32(46)41-27(18-23-11-13-24(42)14-12-23)31(45)37-19-29(43)36-20-30(44)38-28(34(48)40-26)17-22-8-4-3-5-9-22/h3-5,8-9,11-14,21,25-28,42H,6-7,10,15-20,35H2,1-2H3,(H,36,43)(H,37,45)(H,38,44)(H,39,47)(H,40,48)(H,41,46). The molecule has 4 unspecified atom stereocenters. The minimum Gasteiger partial charge on any atom is -0.508 e. The van der Waals surface area contributed by atoms with Crippen LogP contribution in [0.25, 0.3) is 0 Å². The zero-order valence-corrected chi connectivity index (χ0v) is 27.4. The van der Waals surface area contributed by atoms with Gasteiger partial charge < -0.3 is 42.7 Å². The topological polar surface area (TPSA) is 221 Å². The fourth-order valence-electron chi connectivity index (χ4n) is 5.19. The van der Waals surface area contributed by atoms with Crippen LogP contribution in [0.5, 0.6) is 5.75 Å². The van der Waals surface area contributed by atoms with Crippen molar-refractivity contribution in [2.45, 2.75) is 76.5 Å². The number of phenols is 1. The van der Waals surface area contributed by atoms with Crippen LogP contribution in [0.3, 0.4) is 0 Å². The van der Waals surface area contributed by atoms with Gasteiger partial charge in [-0.3, -0.25) is 28.8 Å². The van der Waals surface area contributed by atoms with Crippen molar-refractivity contribution in [2.75, 3.05) is 19.6 Å². The Bertz CT molecular complexity index is 1400. The number of nitrogens with one attached hydrogen (secondary N) is 6. The first-order valence-corrected chi connectivity index (χ1v) is 16.2. The average molecular weight is 666 g/mol. The van der Waals surface area contributed by atoms with Gasteiger partial charge in [0.25, 0.3) is 0 Å². The zero-order chi connectivity index (χ0) is 35.1. The predicted octanol–water partition coefficient (Wildman–Crippen LogP) is -0.462. The summed E-state index contributed by atoms with van der Waals surface area (Å²) < 4.78 is 0. The molecule has 0 spiro atoms. The summed E-state index contributed by atoms with van der Waals surface area (Å²) in [5.41, 5.74) is 7.05. The Morgan fingerprint density at radius 2 is 1.19 bits per heavy atom. The van der Waals surface area contributed by atoms with E-state index in [1.807, 2.05) is 19.9 Å². The van der Waals surface area contributed by atoms with Gasteiger partial charge in [-0.05, 0) is 61.4 Å². The zero-order valence-electron chi connectivity index (χ0n) is 27.4. The van der Waals surface area contributed by atoms with Crippen LogP contribution >= 0.6 is 0 Å². The molecule has 0 saturated carbocycles. The van der Waals surface area contributed by atoms with Gasteiger partial charge in [0.2, 0.25) is 35.4 Å². The number of unbranched alkanes of at least 4 members (excludes halogenated alkanes) is 1. The molecule has 48 heavy (non-hydrogen) atoms. The summed E-state index contributed by atoms with van der Waals surface area (Å²) in [6.07, 6.45) is 1.66. The molecule has 4 atom stereocenters. The molecule has 0 radical (unpaired) electrons. The first kappa shape index (κ1) is 37.5. The van der Waals surface area contributed by atoms with Crippen LogP contribution in [-0.4, -0.2) is 84.4 Å². The second kappa shape index (κ2) is 19.0. The summed E-state index contributed by atoms with van der Waals surface area (Å²) in [7, 11) is 0. The molecule has 0 aromatic heterocycles. The van der Waals surface area contributed by atoms with Crippen LogP contribution in [0.1, 0.15) is 50.7 Å². The van der Waals surface area contributed by atoms with Crippen molar-refractivity contribution in [3.8, 4) is 5.75 Å². The highest BCUT2D eigenvalue weighted by atomic mass is 16.3. The quantitative estimate of drug-likeness (QED) is 0.155. The minimum atomic E-state index is -1.16. The van der Waals surface area contributed by atoms with E-state index in [1.54, 1.807) is 36.4 Å². The summed E-state index contributed by atoms with van der Waals surface area (Å²) in [5, 5.41) is 25.5. The van der Waals surface area contributed by atoms with Crippen LogP contribution < -0.4 is 37.6 Å². The molecule has 9 N–H and O–H groups in total. The fraction of sp³-hybridized carbons (Fsp3) is 0.471. The second-order valence-corrected chi connectivity index (χ2v) is 12.3. The van der Waals surface area contributed by atoms with E-state index >= 15 is 0 Å². The third-order valence-electron chi connectivity index (χ3n) is 7.73. The van der Waals surface area contributed by atoms with E-state index in [4.69, 9.17) is 5.73 Å². The van der Waals surface area contributed by atoms with Crippen LogP contribution in [0.2, 0.25) is 0 Å². The summed E-state index contributed by atoms with van der Waals surface area (Å²) in [5.74, 6) is -3.82. The second-order valence-electron chi connectivity index (χ2n) is 12.3. The van der Waals surface area contributed by atoms with Crippen molar-refractivity contribution >= 4 is 35.4 Å². The van der Waals surface area contributed by atoms with Gasteiger partial charge in [-0.15, -0.1) is 0 Å². The predicted molar refractivity (Wildman–Crippen MR) is 178 cm³/mol. The van der Waals surface area contributed by atoms with Crippen LogP contribution in [0.4, 0.5) is 0 Å². The Hall–Kier alpha value is -4.98. The lowest BCUT2D eigenvalue weighted by Gasteiger charge is -2.27. The number of hydrogen-bond donors (Lipinski definition) is 8. The molecule has 2 aromatic carbocycles. The summed E-state index contributed by atoms with van der Waals surface area (Å²) in [6.45, 7) is 3.18. The molecule has 6 amide bonds. The van der Waals surface area contributed by atoms with Gasteiger partial charge in [0.1, 0.15) is 29.9 Å². The molecule has 14 heteroatoms. The third-order valence-corrected chi connectivity index (χ3v) is 7.73. The van der Waals surface area contributed by atoms with Gasteiger partial charge >= 0.3 is 0 Å². The van der Waals surface area contributed by atoms with Gasteiger partial charge in [0.05, 0.1) is 13.1 Å². The lowest BCUT2D eigenvalue weighted by Crippen LogP contribution is -2.59. The molecule has 1 saturated heterocycles. The number of rotatable bonds is 10. The monoisotopic (exact) mass is 665 g/mol. The average Bonchev–Trinajstić information content (AvgIpc) is 3.05. The number of hydrogen-bond acceptors (Lipinski definition) is 8. The fourth-order valence-corrected chi connectivity index (χ4v) is 5.19. The molecule has 1 aliphatic rings. The van der Waals surface area contributed by atoms with Gasteiger partial charge in [0.15, 0.2) is 0 Å². The van der Waals surface area contributed by atoms with E-state index in [-0.39, 0.29) is 37.4 Å². The first-order chi connectivity index (χ1) is 22.9. The van der Waals surface area contributed by atoms with E-state index in [9.17, 15) is 33.9 Å². The first-order valence-electron chi connectivity index (χ1n) is 16.2. The van der Waals surface area contributed by atoms with Crippen molar-refractivity contribution in [1.29, 1.82) is 0 Å². The highest BCUT2D eigenvalue weighted by molar-refractivity contribution is 5.97. The Morgan fingerprint density at radius 3 is 1.83 bits per heavy atom. The SMILES string of the molecule is CC(C)CC1NC(=O)C(Cc2ccccc2)NC(=O)CNC(=O)CNC(=O)C(Cc2ccc(O)cc2)NC(=O)C(CCCCN)NC1=O. The van der Waals surface area contributed by atoms with Gasteiger partial charge in [-0.25, -0.2) is 0 Å². The van der Waals surface area contributed by atoms with E-state index < -0.39 is 72.7 Å². The maximum absolute atomic E-state index is 13.7. The number of amides is 6. The summed E-state index contributed by atoms with van der Waals surface area (Å²) in [4.78, 5) is 79.9. The molecular formula is C34H47N7O7. The van der Waals surface area contributed by atoms with Gasteiger partial charge in [-0.1, -0.05) is 56.3 Å². The van der Waals surface area contributed by atoms with Gasteiger partial charge in [0, 0.05) is 12.8 Å². The smallest absolute Gasteiger partial charge is 0.243 e. The van der Waals surface area contributed by atoms with Crippen molar-refractivity contribution in [3.63, 3.8) is 0 Å². The molecule has 0 aliphatic carbocycles. The molecule has 1 heterocycles. The Morgan fingerprint density at radius 1 is 0.646 bits per heavy atom. The molecule has 3 rings (SSSR count).